The maximum absolute atomic E-state index is 12.5. The summed E-state index contributed by atoms with van der Waals surface area (Å²) >= 11 is 0. The number of benzene rings is 1. The summed E-state index contributed by atoms with van der Waals surface area (Å²) in [5, 5.41) is 8.99. The Labute approximate surface area is 147 Å². The number of amides is 1. The van der Waals surface area contributed by atoms with E-state index in [1.807, 2.05) is 0 Å². The molecule has 0 bridgehead atoms. The standard InChI is InChI=1S/C16H15F2NO6S/c1-9-13(15(21)22)7-11(25-9)8-19(2)14(20)10-3-5-12(6-4-10)26(23,24)16(17)18/h3-7,16H,8H2,1-2H3,(H,21,22). The van der Waals surface area contributed by atoms with E-state index < -0.39 is 32.4 Å². The zero-order chi connectivity index (χ0) is 19.6. The number of furan rings is 1. The Morgan fingerprint density at radius 2 is 1.81 bits per heavy atom. The summed E-state index contributed by atoms with van der Waals surface area (Å²) in [5.41, 5.74) is 0.0739. The molecule has 0 aliphatic rings. The van der Waals surface area contributed by atoms with Crippen LogP contribution in [0.25, 0.3) is 0 Å². The number of carboxylic acid groups (broad SMARTS) is 1. The molecule has 7 nitrogen and oxygen atoms in total. The van der Waals surface area contributed by atoms with Gasteiger partial charge in [0.25, 0.3) is 5.91 Å². The van der Waals surface area contributed by atoms with E-state index in [1.165, 1.54) is 24.9 Å². The Balaban J connectivity index is 2.16. The van der Waals surface area contributed by atoms with E-state index in [2.05, 4.69) is 0 Å². The molecule has 0 saturated heterocycles. The Bertz CT molecular complexity index is 934. The summed E-state index contributed by atoms with van der Waals surface area (Å²) in [5.74, 6) is -4.75. The van der Waals surface area contributed by atoms with Crippen LogP contribution in [-0.2, 0) is 16.4 Å². The van der Waals surface area contributed by atoms with Crippen molar-refractivity contribution in [2.45, 2.75) is 24.1 Å². The predicted molar refractivity (Wildman–Crippen MR) is 85.8 cm³/mol. The molecule has 0 atom stereocenters. The highest BCUT2D eigenvalue weighted by Gasteiger charge is 2.26. The summed E-state index contributed by atoms with van der Waals surface area (Å²) in [7, 11) is -3.29. The number of aryl methyl sites for hydroxylation is 1. The summed E-state index contributed by atoms with van der Waals surface area (Å²) in [6.07, 6.45) is 0. The van der Waals surface area contributed by atoms with Crippen LogP contribution in [-0.4, -0.2) is 43.1 Å². The van der Waals surface area contributed by atoms with Crippen LogP contribution in [0.2, 0.25) is 0 Å². The lowest BCUT2D eigenvalue weighted by atomic mass is 10.2. The van der Waals surface area contributed by atoms with Crippen LogP contribution in [0, 0.1) is 6.92 Å². The van der Waals surface area contributed by atoms with Gasteiger partial charge in [0.1, 0.15) is 17.1 Å². The van der Waals surface area contributed by atoms with Crippen molar-refractivity contribution in [1.29, 1.82) is 0 Å². The first-order chi connectivity index (χ1) is 12.0. The maximum Gasteiger partial charge on any atom is 0.341 e. The number of carbonyl (C=O) groups excluding carboxylic acids is 1. The highest BCUT2D eigenvalue weighted by atomic mass is 32.2. The van der Waals surface area contributed by atoms with E-state index in [1.54, 1.807) is 0 Å². The third-order valence-electron chi connectivity index (χ3n) is 3.60. The van der Waals surface area contributed by atoms with Crippen molar-refractivity contribution in [2.24, 2.45) is 0 Å². The molecular formula is C16H15F2NO6S. The molecule has 0 fully saturated rings. The van der Waals surface area contributed by atoms with Crippen molar-refractivity contribution < 1.29 is 36.3 Å². The second kappa shape index (κ2) is 7.24. The number of halogens is 2. The summed E-state index contributed by atoms with van der Waals surface area (Å²) in [4.78, 5) is 24.0. The highest BCUT2D eigenvalue weighted by Crippen LogP contribution is 2.20. The average molecular weight is 387 g/mol. The summed E-state index contributed by atoms with van der Waals surface area (Å²) in [6, 6.07) is 5.43. The fourth-order valence-electron chi connectivity index (χ4n) is 2.25. The lowest BCUT2D eigenvalue weighted by molar-refractivity contribution is 0.0694. The number of carboxylic acids is 1. The van der Waals surface area contributed by atoms with Gasteiger partial charge in [0.15, 0.2) is 0 Å². The molecule has 0 unspecified atom stereocenters. The molecule has 1 aromatic carbocycles. The number of aromatic carboxylic acids is 1. The molecule has 140 valence electrons. The molecule has 10 heteroatoms. The molecule has 1 N–H and O–H groups in total. The van der Waals surface area contributed by atoms with Crippen molar-refractivity contribution >= 4 is 21.7 Å². The Morgan fingerprint density at radius 1 is 1.23 bits per heavy atom. The van der Waals surface area contributed by atoms with Gasteiger partial charge in [0.05, 0.1) is 11.4 Å². The molecule has 0 radical (unpaired) electrons. The predicted octanol–water partition coefficient (Wildman–Crippen LogP) is 2.55. The van der Waals surface area contributed by atoms with E-state index in [0.717, 1.165) is 24.3 Å². The van der Waals surface area contributed by atoms with Gasteiger partial charge in [0.2, 0.25) is 9.84 Å². The monoisotopic (exact) mass is 387 g/mol. The van der Waals surface area contributed by atoms with Gasteiger partial charge >= 0.3 is 11.7 Å². The molecule has 0 spiro atoms. The van der Waals surface area contributed by atoms with Crippen LogP contribution < -0.4 is 0 Å². The average Bonchev–Trinajstić information content (AvgIpc) is 2.94. The molecule has 2 aromatic rings. The number of rotatable bonds is 6. The minimum atomic E-state index is -4.73. The van der Waals surface area contributed by atoms with Crippen molar-refractivity contribution in [3.05, 3.63) is 53.0 Å². The van der Waals surface area contributed by atoms with Crippen molar-refractivity contribution in [3.63, 3.8) is 0 Å². The summed E-state index contributed by atoms with van der Waals surface area (Å²) < 4.78 is 53.0. The molecule has 1 amide bonds. The van der Waals surface area contributed by atoms with Crippen LogP contribution in [0.5, 0.6) is 0 Å². The van der Waals surface area contributed by atoms with Crippen LogP contribution >= 0.6 is 0 Å². The normalized spacial score (nSPS) is 11.6. The molecule has 1 aromatic heterocycles. The van der Waals surface area contributed by atoms with E-state index >= 15 is 0 Å². The molecular weight excluding hydrogens is 372 g/mol. The van der Waals surface area contributed by atoms with E-state index in [9.17, 15) is 26.8 Å². The Morgan fingerprint density at radius 3 is 2.27 bits per heavy atom. The van der Waals surface area contributed by atoms with E-state index in [-0.39, 0.29) is 29.2 Å². The fraction of sp³-hybridized carbons (Fsp3) is 0.250. The van der Waals surface area contributed by atoms with E-state index in [4.69, 9.17) is 9.52 Å². The van der Waals surface area contributed by atoms with Gasteiger partial charge in [-0.3, -0.25) is 4.79 Å². The zero-order valence-electron chi connectivity index (χ0n) is 13.8. The molecule has 0 aliphatic heterocycles. The molecule has 26 heavy (non-hydrogen) atoms. The number of carbonyl (C=O) groups is 2. The molecule has 2 rings (SSSR count). The third-order valence-corrected chi connectivity index (χ3v) is 5.00. The number of nitrogens with zero attached hydrogens (tertiary/aromatic N) is 1. The van der Waals surface area contributed by atoms with Gasteiger partial charge in [-0.05, 0) is 37.3 Å². The first-order valence-corrected chi connectivity index (χ1v) is 8.79. The molecule has 0 aliphatic carbocycles. The van der Waals surface area contributed by atoms with Gasteiger partial charge in [-0.25, -0.2) is 13.2 Å². The first-order valence-electron chi connectivity index (χ1n) is 7.24. The van der Waals surface area contributed by atoms with Crippen LogP contribution in [0.15, 0.2) is 39.6 Å². The van der Waals surface area contributed by atoms with Gasteiger partial charge < -0.3 is 14.4 Å². The number of hydrogen-bond donors (Lipinski definition) is 1. The Kier molecular flexibility index (Phi) is 5.45. The zero-order valence-corrected chi connectivity index (χ0v) is 14.6. The smallest absolute Gasteiger partial charge is 0.341 e. The van der Waals surface area contributed by atoms with Crippen LogP contribution in [0.4, 0.5) is 8.78 Å². The second-order valence-electron chi connectivity index (χ2n) is 5.48. The molecule has 1 heterocycles. The Hall–Kier alpha value is -2.75. The topological polar surface area (TPSA) is 105 Å². The fourth-order valence-corrected chi connectivity index (χ4v) is 2.97. The maximum atomic E-state index is 12.5. The minimum Gasteiger partial charge on any atom is -0.478 e. The van der Waals surface area contributed by atoms with Gasteiger partial charge in [-0.15, -0.1) is 0 Å². The third kappa shape index (κ3) is 3.90. The largest absolute Gasteiger partial charge is 0.478 e. The molecule has 0 saturated carbocycles. The second-order valence-corrected chi connectivity index (χ2v) is 7.40. The summed E-state index contributed by atoms with van der Waals surface area (Å²) in [6.45, 7) is 1.46. The van der Waals surface area contributed by atoms with Crippen LogP contribution in [0.1, 0.15) is 32.2 Å². The highest BCUT2D eigenvalue weighted by molar-refractivity contribution is 7.91. The quantitative estimate of drug-likeness (QED) is 0.817. The van der Waals surface area contributed by atoms with Crippen LogP contribution in [0.3, 0.4) is 0 Å². The van der Waals surface area contributed by atoms with Crippen molar-refractivity contribution in [2.75, 3.05) is 7.05 Å². The van der Waals surface area contributed by atoms with Crippen molar-refractivity contribution in [3.8, 4) is 0 Å². The van der Waals surface area contributed by atoms with Crippen molar-refractivity contribution in [1.82, 2.24) is 4.90 Å². The minimum absolute atomic E-state index is 0.0117. The van der Waals surface area contributed by atoms with Gasteiger partial charge in [-0.2, -0.15) is 8.78 Å². The number of hydrogen-bond acceptors (Lipinski definition) is 5. The number of sulfone groups is 1. The first kappa shape index (κ1) is 19.6. The lowest BCUT2D eigenvalue weighted by Crippen LogP contribution is -2.26. The number of alkyl halides is 2. The van der Waals surface area contributed by atoms with Gasteiger partial charge in [-0.1, -0.05) is 0 Å². The lowest BCUT2D eigenvalue weighted by Gasteiger charge is -2.16. The van der Waals surface area contributed by atoms with Gasteiger partial charge in [0, 0.05) is 12.6 Å². The SMILES string of the molecule is Cc1oc(CN(C)C(=O)c2ccc(S(=O)(=O)C(F)F)cc2)cc1C(=O)O. The van der Waals surface area contributed by atoms with E-state index in [0.29, 0.717) is 0 Å².